The highest BCUT2D eigenvalue weighted by atomic mass is 16.3. The minimum Gasteiger partial charge on any atom is -0.469 e. The van der Waals surface area contributed by atoms with Gasteiger partial charge in [-0.25, -0.2) is 0 Å². The smallest absolute Gasteiger partial charge is 0.106 e. The van der Waals surface area contributed by atoms with E-state index < -0.39 is 0 Å². The molecule has 0 unspecified atom stereocenters. The van der Waals surface area contributed by atoms with Gasteiger partial charge in [0, 0.05) is 5.92 Å². The van der Waals surface area contributed by atoms with Gasteiger partial charge in [-0.05, 0) is 36.8 Å². The molecule has 1 heterocycles. The highest BCUT2D eigenvalue weighted by Crippen LogP contribution is 2.35. The Kier molecular flexibility index (Phi) is 4.24. The van der Waals surface area contributed by atoms with Crippen LogP contribution in [-0.4, -0.2) is 0 Å². The van der Waals surface area contributed by atoms with Gasteiger partial charge in [0.1, 0.15) is 5.76 Å². The SMILES string of the molecule is CC(C)C1CC1.CC(C)c1ccco1. The average molecular weight is 194 g/mol. The molecule has 0 bridgehead atoms. The number of hydrogen-bond acceptors (Lipinski definition) is 1. The Labute approximate surface area is 87.5 Å². The molecular formula is C13H22O. The van der Waals surface area contributed by atoms with E-state index in [0.29, 0.717) is 5.92 Å². The summed E-state index contributed by atoms with van der Waals surface area (Å²) >= 11 is 0. The predicted octanol–water partition coefficient (Wildman–Crippen LogP) is 4.46. The van der Waals surface area contributed by atoms with Crippen molar-refractivity contribution in [2.24, 2.45) is 11.8 Å². The second-order valence-corrected chi connectivity index (χ2v) is 4.75. The Hall–Kier alpha value is -0.720. The van der Waals surface area contributed by atoms with E-state index in [9.17, 15) is 0 Å². The topological polar surface area (TPSA) is 13.1 Å². The number of furan rings is 1. The third kappa shape index (κ3) is 3.99. The van der Waals surface area contributed by atoms with E-state index >= 15 is 0 Å². The molecule has 80 valence electrons. The molecule has 0 aromatic carbocycles. The number of hydrogen-bond donors (Lipinski definition) is 0. The fraction of sp³-hybridized carbons (Fsp3) is 0.692. The summed E-state index contributed by atoms with van der Waals surface area (Å²) < 4.78 is 5.09. The third-order valence-corrected chi connectivity index (χ3v) is 2.68. The first kappa shape index (κ1) is 11.4. The van der Waals surface area contributed by atoms with Crippen molar-refractivity contribution in [2.75, 3.05) is 0 Å². The van der Waals surface area contributed by atoms with Crippen molar-refractivity contribution >= 4 is 0 Å². The van der Waals surface area contributed by atoms with Crippen molar-refractivity contribution in [3.8, 4) is 0 Å². The van der Waals surface area contributed by atoms with Gasteiger partial charge >= 0.3 is 0 Å². The lowest BCUT2D eigenvalue weighted by atomic mass is 10.1. The Balaban J connectivity index is 0.000000146. The maximum atomic E-state index is 5.09. The zero-order chi connectivity index (χ0) is 10.6. The van der Waals surface area contributed by atoms with E-state index in [1.165, 1.54) is 12.8 Å². The fourth-order valence-electron chi connectivity index (χ4n) is 1.38. The molecule has 1 aliphatic carbocycles. The summed E-state index contributed by atoms with van der Waals surface area (Å²) in [5.74, 6) is 3.64. The van der Waals surface area contributed by atoms with Gasteiger partial charge in [-0.2, -0.15) is 0 Å². The molecule has 1 saturated carbocycles. The van der Waals surface area contributed by atoms with Crippen LogP contribution in [0.5, 0.6) is 0 Å². The molecule has 0 spiro atoms. The largest absolute Gasteiger partial charge is 0.469 e. The fourth-order valence-corrected chi connectivity index (χ4v) is 1.38. The molecule has 0 N–H and O–H groups in total. The van der Waals surface area contributed by atoms with Crippen molar-refractivity contribution in [3.63, 3.8) is 0 Å². The second kappa shape index (κ2) is 5.23. The number of rotatable bonds is 2. The molecule has 1 heteroatoms. The van der Waals surface area contributed by atoms with Crippen LogP contribution in [0.3, 0.4) is 0 Å². The van der Waals surface area contributed by atoms with Crippen LogP contribution in [0, 0.1) is 11.8 Å². The molecule has 1 fully saturated rings. The lowest BCUT2D eigenvalue weighted by Crippen LogP contribution is -1.85. The summed E-state index contributed by atoms with van der Waals surface area (Å²) in [6.45, 7) is 8.83. The molecule has 0 amide bonds. The summed E-state index contributed by atoms with van der Waals surface area (Å²) in [7, 11) is 0. The van der Waals surface area contributed by atoms with E-state index in [-0.39, 0.29) is 0 Å². The Bertz CT molecular complexity index is 230. The van der Waals surface area contributed by atoms with Gasteiger partial charge in [0.05, 0.1) is 6.26 Å². The lowest BCUT2D eigenvalue weighted by Gasteiger charge is -1.94. The van der Waals surface area contributed by atoms with Crippen molar-refractivity contribution in [1.82, 2.24) is 0 Å². The van der Waals surface area contributed by atoms with E-state index in [2.05, 4.69) is 27.7 Å². The van der Waals surface area contributed by atoms with Crippen molar-refractivity contribution in [2.45, 2.75) is 46.5 Å². The van der Waals surface area contributed by atoms with Gasteiger partial charge in [0.15, 0.2) is 0 Å². The molecule has 1 nitrogen and oxygen atoms in total. The molecule has 0 radical (unpaired) electrons. The maximum Gasteiger partial charge on any atom is 0.106 e. The first-order valence-electron chi connectivity index (χ1n) is 5.64. The highest BCUT2D eigenvalue weighted by molar-refractivity contribution is 5.02. The van der Waals surface area contributed by atoms with Crippen LogP contribution in [0.4, 0.5) is 0 Å². The van der Waals surface area contributed by atoms with Crippen LogP contribution < -0.4 is 0 Å². The predicted molar refractivity (Wildman–Crippen MR) is 60.4 cm³/mol. The zero-order valence-corrected chi connectivity index (χ0v) is 9.79. The molecule has 0 saturated heterocycles. The van der Waals surface area contributed by atoms with Crippen molar-refractivity contribution in [1.29, 1.82) is 0 Å². The van der Waals surface area contributed by atoms with Gasteiger partial charge in [0.2, 0.25) is 0 Å². The van der Waals surface area contributed by atoms with E-state index in [1.807, 2.05) is 12.1 Å². The minimum atomic E-state index is 0.519. The van der Waals surface area contributed by atoms with Crippen LogP contribution in [0.1, 0.15) is 52.2 Å². The molecule has 2 rings (SSSR count). The lowest BCUT2D eigenvalue weighted by molar-refractivity contribution is 0.487. The van der Waals surface area contributed by atoms with Crippen molar-refractivity contribution in [3.05, 3.63) is 24.2 Å². The Morgan fingerprint density at radius 1 is 1.21 bits per heavy atom. The van der Waals surface area contributed by atoms with Crippen LogP contribution in [-0.2, 0) is 0 Å². The minimum absolute atomic E-state index is 0.519. The van der Waals surface area contributed by atoms with Crippen LogP contribution in [0.15, 0.2) is 22.8 Å². The first-order chi connectivity index (χ1) is 6.61. The third-order valence-electron chi connectivity index (χ3n) is 2.68. The van der Waals surface area contributed by atoms with Gasteiger partial charge < -0.3 is 4.42 Å². The van der Waals surface area contributed by atoms with Gasteiger partial charge in [-0.3, -0.25) is 0 Å². The molecule has 1 aliphatic rings. The normalized spacial score (nSPS) is 15.6. The molecule has 0 atom stereocenters. The van der Waals surface area contributed by atoms with E-state index in [4.69, 9.17) is 4.42 Å². The van der Waals surface area contributed by atoms with Crippen molar-refractivity contribution < 1.29 is 4.42 Å². The quantitative estimate of drug-likeness (QED) is 0.677. The summed E-state index contributed by atoms with van der Waals surface area (Å²) in [6.07, 6.45) is 4.70. The zero-order valence-electron chi connectivity index (χ0n) is 9.79. The molecule has 0 aliphatic heterocycles. The molecule has 1 aromatic rings. The maximum absolute atomic E-state index is 5.09. The molecule has 1 aromatic heterocycles. The van der Waals surface area contributed by atoms with Crippen LogP contribution in [0.2, 0.25) is 0 Å². The summed E-state index contributed by atoms with van der Waals surface area (Å²) in [6, 6.07) is 3.90. The van der Waals surface area contributed by atoms with Crippen LogP contribution >= 0.6 is 0 Å². The second-order valence-electron chi connectivity index (χ2n) is 4.75. The summed E-state index contributed by atoms with van der Waals surface area (Å²) in [5.41, 5.74) is 0. The Morgan fingerprint density at radius 2 is 1.86 bits per heavy atom. The Morgan fingerprint density at radius 3 is 2.00 bits per heavy atom. The van der Waals surface area contributed by atoms with Gasteiger partial charge in [-0.15, -0.1) is 0 Å². The molecule has 14 heavy (non-hydrogen) atoms. The first-order valence-corrected chi connectivity index (χ1v) is 5.64. The standard InChI is InChI=1S/C7H10O.C6H12/c1-6(2)7-4-3-5-8-7;1-5(2)6-3-4-6/h3-6H,1-2H3;5-6H,3-4H2,1-2H3. The average Bonchev–Trinajstić information content (AvgIpc) is 2.82. The van der Waals surface area contributed by atoms with Gasteiger partial charge in [0.25, 0.3) is 0 Å². The van der Waals surface area contributed by atoms with Crippen LogP contribution in [0.25, 0.3) is 0 Å². The summed E-state index contributed by atoms with van der Waals surface area (Å²) in [5, 5.41) is 0. The summed E-state index contributed by atoms with van der Waals surface area (Å²) in [4.78, 5) is 0. The monoisotopic (exact) mass is 194 g/mol. The van der Waals surface area contributed by atoms with Gasteiger partial charge in [-0.1, -0.05) is 27.7 Å². The van der Waals surface area contributed by atoms with E-state index in [0.717, 1.165) is 17.6 Å². The molecular weight excluding hydrogens is 172 g/mol. The highest BCUT2D eigenvalue weighted by Gasteiger charge is 2.23. The van der Waals surface area contributed by atoms with E-state index in [1.54, 1.807) is 6.26 Å².